The summed E-state index contributed by atoms with van der Waals surface area (Å²) in [7, 11) is 0. The van der Waals surface area contributed by atoms with Crippen molar-refractivity contribution in [2.75, 3.05) is 19.7 Å². The first kappa shape index (κ1) is 10.8. The lowest BCUT2D eigenvalue weighted by Gasteiger charge is -2.26. The highest BCUT2D eigenvalue weighted by Gasteiger charge is 2.27. The third-order valence-corrected chi connectivity index (χ3v) is 2.96. The van der Waals surface area contributed by atoms with Crippen LogP contribution in [0.25, 0.3) is 0 Å². The largest absolute Gasteiger partial charge is 0.373 e. The summed E-state index contributed by atoms with van der Waals surface area (Å²) in [6.45, 7) is 6.07. The molecule has 0 saturated carbocycles. The fourth-order valence-corrected chi connectivity index (χ4v) is 1.58. The Balaban J connectivity index is 2.53. The number of amides is 1. The van der Waals surface area contributed by atoms with Gasteiger partial charge in [-0.2, -0.15) is 0 Å². The summed E-state index contributed by atoms with van der Waals surface area (Å²) in [5.41, 5.74) is -0.0823. The minimum Gasteiger partial charge on any atom is -0.373 e. The van der Waals surface area contributed by atoms with Crippen molar-refractivity contribution in [1.82, 2.24) is 4.90 Å². The number of ether oxygens (including phenoxy) is 1. The second-order valence-electron chi connectivity index (χ2n) is 3.64. The van der Waals surface area contributed by atoms with E-state index in [0.717, 1.165) is 12.8 Å². The number of hydrogen-bond donors (Lipinski definition) is 0. The van der Waals surface area contributed by atoms with E-state index in [1.807, 2.05) is 0 Å². The topological polar surface area (TPSA) is 29.5 Å². The summed E-state index contributed by atoms with van der Waals surface area (Å²) in [6.07, 6.45) is 1.83. The molecule has 0 spiro atoms. The molecule has 3 nitrogen and oxygen atoms in total. The van der Waals surface area contributed by atoms with Gasteiger partial charge in [-0.3, -0.25) is 4.79 Å². The van der Waals surface area contributed by atoms with Gasteiger partial charge in [-0.05, 0) is 31.4 Å². The van der Waals surface area contributed by atoms with Crippen molar-refractivity contribution in [3.8, 4) is 0 Å². The van der Waals surface area contributed by atoms with E-state index in [1.165, 1.54) is 0 Å². The van der Waals surface area contributed by atoms with Gasteiger partial charge in [0.2, 0.25) is 0 Å². The lowest BCUT2D eigenvalue weighted by atomic mass is 9.99. The monoisotopic (exact) mass is 205 g/mol. The molecule has 0 aliphatic carbocycles. The van der Waals surface area contributed by atoms with Crippen molar-refractivity contribution >= 4 is 17.0 Å². The molecule has 76 valence electrons. The smallest absolute Gasteiger partial charge is 0.316 e. The second kappa shape index (κ2) is 4.29. The maximum Gasteiger partial charge on any atom is 0.316 e. The molecule has 0 aromatic rings. The maximum atomic E-state index is 10.9. The predicted molar refractivity (Wildman–Crippen MR) is 52.1 cm³/mol. The number of hydrogen-bond acceptors (Lipinski definition) is 2. The highest BCUT2D eigenvalue weighted by atomic mass is 35.5. The average Bonchev–Trinajstić information content (AvgIpc) is 2.28. The third kappa shape index (κ3) is 2.85. The summed E-state index contributed by atoms with van der Waals surface area (Å²) in [4.78, 5) is 12.5. The van der Waals surface area contributed by atoms with Gasteiger partial charge in [0.05, 0.1) is 12.2 Å². The minimum atomic E-state index is -0.371. The summed E-state index contributed by atoms with van der Waals surface area (Å²) >= 11 is 5.40. The zero-order chi connectivity index (χ0) is 9.90. The quantitative estimate of drug-likeness (QED) is 0.486. The van der Waals surface area contributed by atoms with Crippen LogP contribution >= 0.6 is 11.6 Å². The molecule has 1 atom stereocenters. The van der Waals surface area contributed by atoms with Crippen molar-refractivity contribution in [2.24, 2.45) is 0 Å². The molecular weight excluding hydrogens is 190 g/mol. The van der Waals surface area contributed by atoms with Crippen LogP contribution in [-0.2, 0) is 4.74 Å². The van der Waals surface area contributed by atoms with E-state index >= 15 is 0 Å². The zero-order valence-corrected chi connectivity index (χ0v) is 8.93. The third-order valence-electron chi connectivity index (χ3n) is 2.72. The van der Waals surface area contributed by atoms with E-state index < -0.39 is 0 Å². The minimum absolute atomic E-state index is 0.0823. The van der Waals surface area contributed by atoms with E-state index in [-0.39, 0.29) is 11.0 Å². The Labute approximate surface area is 84.0 Å². The van der Waals surface area contributed by atoms with Crippen LogP contribution in [0.1, 0.15) is 26.7 Å². The van der Waals surface area contributed by atoms with Gasteiger partial charge in [0, 0.05) is 13.1 Å². The standard InChI is InChI=1S/C9H16ClNO2/c1-3-9(2)4-5-11(8(10)12)6-7-13-9/h3-7H2,1-2H3. The van der Waals surface area contributed by atoms with E-state index in [0.29, 0.717) is 19.7 Å². The van der Waals surface area contributed by atoms with E-state index in [4.69, 9.17) is 16.3 Å². The van der Waals surface area contributed by atoms with Crippen molar-refractivity contribution < 1.29 is 9.53 Å². The summed E-state index contributed by atoms with van der Waals surface area (Å²) in [5.74, 6) is 0. The number of nitrogens with zero attached hydrogens (tertiary/aromatic N) is 1. The predicted octanol–water partition coefficient (Wildman–Crippen LogP) is 2.24. The molecule has 4 heteroatoms. The Kier molecular flexibility index (Phi) is 3.56. The molecular formula is C9H16ClNO2. The summed E-state index contributed by atoms with van der Waals surface area (Å²) < 4.78 is 5.67. The van der Waals surface area contributed by atoms with Crippen molar-refractivity contribution in [3.63, 3.8) is 0 Å². The van der Waals surface area contributed by atoms with E-state index in [9.17, 15) is 4.79 Å². The first-order valence-electron chi connectivity index (χ1n) is 4.66. The zero-order valence-electron chi connectivity index (χ0n) is 8.18. The Hall–Kier alpha value is -0.280. The fraction of sp³-hybridized carbons (Fsp3) is 0.889. The molecule has 1 amide bonds. The number of carbonyl (C=O) groups is 1. The van der Waals surface area contributed by atoms with Crippen LogP contribution in [0.3, 0.4) is 0 Å². The van der Waals surface area contributed by atoms with Crippen LogP contribution in [0.15, 0.2) is 0 Å². The molecule has 0 aromatic heterocycles. The van der Waals surface area contributed by atoms with Crippen LogP contribution in [-0.4, -0.2) is 35.6 Å². The first-order chi connectivity index (χ1) is 6.07. The van der Waals surface area contributed by atoms with E-state index in [2.05, 4.69) is 13.8 Å². The number of rotatable bonds is 1. The molecule has 0 aromatic carbocycles. The highest BCUT2D eigenvalue weighted by Crippen LogP contribution is 2.23. The Morgan fingerprint density at radius 3 is 2.85 bits per heavy atom. The molecule has 1 aliphatic heterocycles. The van der Waals surface area contributed by atoms with Crippen molar-refractivity contribution in [1.29, 1.82) is 0 Å². The van der Waals surface area contributed by atoms with Gasteiger partial charge in [0.25, 0.3) is 0 Å². The van der Waals surface area contributed by atoms with Crippen LogP contribution in [0.2, 0.25) is 0 Å². The summed E-state index contributed by atoms with van der Waals surface area (Å²) in [5, 5.41) is -0.371. The molecule has 1 unspecified atom stereocenters. The van der Waals surface area contributed by atoms with Gasteiger partial charge in [-0.25, -0.2) is 0 Å². The molecule has 0 bridgehead atoms. The number of carbonyl (C=O) groups excluding carboxylic acids is 1. The first-order valence-corrected chi connectivity index (χ1v) is 5.03. The molecule has 0 N–H and O–H groups in total. The highest BCUT2D eigenvalue weighted by molar-refractivity contribution is 6.62. The van der Waals surface area contributed by atoms with Gasteiger partial charge in [-0.1, -0.05) is 6.92 Å². The molecule has 1 saturated heterocycles. The van der Waals surface area contributed by atoms with Crippen LogP contribution in [0, 0.1) is 0 Å². The van der Waals surface area contributed by atoms with Crippen LogP contribution < -0.4 is 0 Å². The number of halogens is 1. The van der Waals surface area contributed by atoms with Gasteiger partial charge in [0.15, 0.2) is 0 Å². The van der Waals surface area contributed by atoms with Crippen molar-refractivity contribution in [2.45, 2.75) is 32.3 Å². The molecule has 1 heterocycles. The van der Waals surface area contributed by atoms with Gasteiger partial charge in [0.1, 0.15) is 0 Å². The van der Waals surface area contributed by atoms with Crippen molar-refractivity contribution in [3.05, 3.63) is 0 Å². The Morgan fingerprint density at radius 2 is 2.31 bits per heavy atom. The van der Waals surface area contributed by atoms with Gasteiger partial charge in [-0.15, -0.1) is 0 Å². The Bertz CT molecular complexity index is 198. The summed E-state index contributed by atoms with van der Waals surface area (Å²) in [6, 6.07) is 0. The molecule has 0 radical (unpaired) electrons. The van der Waals surface area contributed by atoms with Crippen LogP contribution in [0.5, 0.6) is 0 Å². The molecule has 1 rings (SSSR count). The molecule has 1 aliphatic rings. The normalized spacial score (nSPS) is 29.9. The second-order valence-corrected chi connectivity index (χ2v) is 3.97. The lowest BCUT2D eigenvalue weighted by Crippen LogP contribution is -2.30. The Morgan fingerprint density at radius 1 is 1.62 bits per heavy atom. The average molecular weight is 206 g/mol. The van der Waals surface area contributed by atoms with Gasteiger partial charge >= 0.3 is 5.37 Å². The molecule has 13 heavy (non-hydrogen) atoms. The van der Waals surface area contributed by atoms with Crippen LogP contribution in [0.4, 0.5) is 4.79 Å². The molecule has 1 fully saturated rings. The van der Waals surface area contributed by atoms with E-state index in [1.54, 1.807) is 4.90 Å². The van der Waals surface area contributed by atoms with Gasteiger partial charge < -0.3 is 9.64 Å². The SMILES string of the molecule is CCC1(C)CCN(C(=O)Cl)CCO1. The lowest BCUT2D eigenvalue weighted by molar-refractivity contribution is -0.0260. The fourth-order valence-electron chi connectivity index (χ4n) is 1.41. The maximum absolute atomic E-state index is 10.9.